The fourth-order valence-corrected chi connectivity index (χ4v) is 6.27. The number of carbonyl (C=O) groups excluding carboxylic acids is 1. The van der Waals surface area contributed by atoms with Crippen molar-refractivity contribution in [2.24, 2.45) is 0 Å². The van der Waals surface area contributed by atoms with Crippen LogP contribution in [0.2, 0.25) is 0 Å². The summed E-state index contributed by atoms with van der Waals surface area (Å²) in [5.74, 6) is 0.0352. The van der Waals surface area contributed by atoms with Crippen molar-refractivity contribution in [2.45, 2.75) is 62.8 Å². The minimum atomic E-state index is -3.62. The lowest BCUT2D eigenvalue weighted by atomic mass is 9.88. The molecule has 0 aromatic heterocycles. The van der Waals surface area contributed by atoms with E-state index in [-0.39, 0.29) is 22.4 Å². The summed E-state index contributed by atoms with van der Waals surface area (Å²) in [5, 5.41) is 3.10. The van der Waals surface area contributed by atoms with E-state index in [9.17, 15) is 13.2 Å². The number of rotatable bonds is 7. The van der Waals surface area contributed by atoms with Gasteiger partial charge in [0.05, 0.1) is 23.6 Å². The number of benzene rings is 2. The van der Waals surface area contributed by atoms with Crippen LogP contribution in [0.1, 0.15) is 72.1 Å². The highest BCUT2D eigenvalue weighted by Gasteiger charge is 2.29. The largest absolute Gasteiger partial charge is 0.496 e. The van der Waals surface area contributed by atoms with Crippen molar-refractivity contribution in [3.05, 3.63) is 58.7 Å². The molecule has 2 aromatic rings. The molecule has 7 heteroatoms. The first-order valence-corrected chi connectivity index (χ1v) is 13.0. The number of methoxy groups -OCH3 is 1. The maximum Gasteiger partial charge on any atom is 0.255 e. The van der Waals surface area contributed by atoms with Gasteiger partial charge in [-0.2, -0.15) is 4.31 Å². The van der Waals surface area contributed by atoms with Gasteiger partial charge in [0.15, 0.2) is 0 Å². The van der Waals surface area contributed by atoms with E-state index >= 15 is 0 Å². The summed E-state index contributed by atoms with van der Waals surface area (Å²) in [6.07, 6.45) is 7.10. The standard InChI is InChI=1S/C25H32N2O4S/c1-3-23(20-11-10-18-8-4-5-9-19(18)16-20)26-25(28)22-17-21(12-13-24(22)31-2)32(29,30)27-14-6-7-15-27/h10-13,16-17,23H,3-9,14-15H2,1-2H3,(H,26,28)/t23-/m1/s1. The molecular formula is C25H32N2O4S. The number of carbonyl (C=O) groups is 1. The Morgan fingerprint density at radius 3 is 2.44 bits per heavy atom. The Bertz CT molecular complexity index is 1090. The van der Waals surface area contributed by atoms with Gasteiger partial charge in [0.1, 0.15) is 5.75 Å². The van der Waals surface area contributed by atoms with Gasteiger partial charge in [-0.3, -0.25) is 4.79 Å². The molecule has 1 heterocycles. The third-order valence-electron chi connectivity index (χ3n) is 6.61. The van der Waals surface area contributed by atoms with Crippen LogP contribution in [0.25, 0.3) is 0 Å². The van der Waals surface area contributed by atoms with E-state index < -0.39 is 10.0 Å². The van der Waals surface area contributed by atoms with Crippen LogP contribution in [0.5, 0.6) is 5.75 Å². The third-order valence-corrected chi connectivity index (χ3v) is 8.50. The van der Waals surface area contributed by atoms with Crippen LogP contribution in [0.15, 0.2) is 41.3 Å². The maximum absolute atomic E-state index is 13.3. The van der Waals surface area contributed by atoms with Crippen molar-refractivity contribution in [3.8, 4) is 5.75 Å². The van der Waals surface area contributed by atoms with Crippen LogP contribution in [0, 0.1) is 0 Å². The van der Waals surface area contributed by atoms with Gasteiger partial charge in [-0.1, -0.05) is 25.1 Å². The zero-order valence-corrected chi connectivity index (χ0v) is 19.7. The zero-order valence-electron chi connectivity index (χ0n) is 18.9. The smallest absolute Gasteiger partial charge is 0.255 e. The molecule has 0 bridgehead atoms. The molecule has 2 aliphatic rings. The molecule has 1 saturated heterocycles. The lowest BCUT2D eigenvalue weighted by Gasteiger charge is -2.22. The molecule has 0 unspecified atom stereocenters. The average molecular weight is 457 g/mol. The molecule has 0 saturated carbocycles. The molecule has 1 aliphatic carbocycles. The molecule has 4 rings (SSSR count). The second-order valence-corrected chi connectivity index (χ2v) is 10.6. The van der Waals surface area contributed by atoms with Crippen LogP contribution < -0.4 is 10.1 Å². The molecule has 2 aromatic carbocycles. The minimum Gasteiger partial charge on any atom is -0.496 e. The summed E-state index contributed by atoms with van der Waals surface area (Å²) in [5.41, 5.74) is 4.10. The minimum absolute atomic E-state index is 0.132. The number of fused-ring (bicyclic) bond motifs is 1. The van der Waals surface area contributed by atoms with E-state index in [4.69, 9.17) is 4.74 Å². The lowest BCUT2D eigenvalue weighted by Crippen LogP contribution is -2.30. The number of sulfonamides is 1. The maximum atomic E-state index is 13.3. The van der Waals surface area contributed by atoms with Gasteiger partial charge >= 0.3 is 0 Å². The van der Waals surface area contributed by atoms with Crippen molar-refractivity contribution >= 4 is 15.9 Å². The number of amides is 1. The molecule has 6 nitrogen and oxygen atoms in total. The number of ether oxygens (including phenoxy) is 1. The Balaban J connectivity index is 1.60. The Labute approximate surface area is 191 Å². The second-order valence-electron chi connectivity index (χ2n) is 8.64. The normalized spacial score (nSPS) is 17.6. The predicted molar refractivity (Wildman–Crippen MR) is 125 cm³/mol. The number of hydrogen-bond acceptors (Lipinski definition) is 4. The first kappa shape index (κ1) is 22.8. The predicted octanol–water partition coefficient (Wildman–Crippen LogP) is 4.24. The van der Waals surface area contributed by atoms with E-state index in [2.05, 4.69) is 23.5 Å². The van der Waals surface area contributed by atoms with Crippen LogP contribution in [0.3, 0.4) is 0 Å². The number of aryl methyl sites for hydroxylation is 2. The molecule has 1 fully saturated rings. The molecule has 32 heavy (non-hydrogen) atoms. The van der Waals surface area contributed by atoms with E-state index in [1.54, 1.807) is 6.07 Å². The van der Waals surface area contributed by atoms with E-state index in [1.807, 2.05) is 6.92 Å². The van der Waals surface area contributed by atoms with Gasteiger partial charge in [-0.25, -0.2) is 8.42 Å². The molecule has 1 atom stereocenters. The van der Waals surface area contributed by atoms with Crippen molar-refractivity contribution < 1.29 is 17.9 Å². The Morgan fingerprint density at radius 1 is 1.03 bits per heavy atom. The third kappa shape index (κ3) is 4.55. The van der Waals surface area contributed by atoms with Gasteiger partial charge < -0.3 is 10.1 Å². The van der Waals surface area contributed by atoms with Crippen LogP contribution >= 0.6 is 0 Å². The Hall–Kier alpha value is -2.38. The lowest BCUT2D eigenvalue weighted by molar-refractivity contribution is 0.0932. The van der Waals surface area contributed by atoms with Crippen LogP contribution in [0.4, 0.5) is 0 Å². The SMILES string of the molecule is CC[C@@H](NC(=O)c1cc(S(=O)(=O)N2CCCC2)ccc1OC)c1ccc2c(c1)CCCC2. The van der Waals surface area contributed by atoms with Gasteiger partial charge in [0, 0.05) is 13.1 Å². The van der Waals surface area contributed by atoms with Crippen molar-refractivity contribution in [3.63, 3.8) is 0 Å². The Kier molecular flexibility index (Phi) is 6.86. The van der Waals surface area contributed by atoms with E-state index in [1.165, 1.54) is 47.5 Å². The van der Waals surface area contributed by atoms with Crippen molar-refractivity contribution in [1.82, 2.24) is 9.62 Å². The summed E-state index contributed by atoms with van der Waals surface area (Å²) >= 11 is 0. The molecule has 172 valence electrons. The van der Waals surface area contributed by atoms with Crippen molar-refractivity contribution in [2.75, 3.05) is 20.2 Å². The summed E-state index contributed by atoms with van der Waals surface area (Å²) < 4.78 is 32.9. The van der Waals surface area contributed by atoms with Gasteiger partial charge in [-0.15, -0.1) is 0 Å². The monoisotopic (exact) mass is 456 g/mol. The molecule has 1 N–H and O–H groups in total. The zero-order chi connectivity index (χ0) is 22.7. The van der Waals surface area contributed by atoms with E-state index in [0.717, 1.165) is 37.7 Å². The molecular weight excluding hydrogens is 424 g/mol. The average Bonchev–Trinajstić information content (AvgIpc) is 3.37. The molecule has 0 radical (unpaired) electrons. The van der Waals surface area contributed by atoms with Crippen molar-refractivity contribution in [1.29, 1.82) is 0 Å². The topological polar surface area (TPSA) is 75.7 Å². The second kappa shape index (κ2) is 9.63. The van der Waals surface area contributed by atoms with Gasteiger partial charge in [0.25, 0.3) is 5.91 Å². The number of hydrogen-bond donors (Lipinski definition) is 1. The summed E-state index contributed by atoms with van der Waals surface area (Å²) in [7, 11) is -2.13. The molecule has 1 amide bonds. The fraction of sp³-hybridized carbons (Fsp3) is 0.480. The van der Waals surface area contributed by atoms with Crippen LogP contribution in [-0.4, -0.2) is 38.8 Å². The number of nitrogens with zero attached hydrogens (tertiary/aromatic N) is 1. The molecule has 0 spiro atoms. The quantitative estimate of drug-likeness (QED) is 0.676. The summed E-state index contributed by atoms with van der Waals surface area (Å²) in [6, 6.07) is 10.9. The van der Waals surface area contributed by atoms with Gasteiger partial charge in [0.2, 0.25) is 10.0 Å². The highest BCUT2D eigenvalue weighted by molar-refractivity contribution is 7.89. The Morgan fingerprint density at radius 2 is 1.75 bits per heavy atom. The van der Waals surface area contributed by atoms with Crippen LogP contribution in [-0.2, 0) is 22.9 Å². The number of nitrogens with one attached hydrogen (secondary N) is 1. The highest BCUT2D eigenvalue weighted by Crippen LogP contribution is 2.29. The first-order valence-electron chi connectivity index (χ1n) is 11.5. The van der Waals surface area contributed by atoms with E-state index in [0.29, 0.717) is 18.8 Å². The molecule has 1 aliphatic heterocycles. The fourth-order valence-electron chi connectivity index (χ4n) is 4.73. The van der Waals surface area contributed by atoms with Gasteiger partial charge in [-0.05, 0) is 79.8 Å². The summed E-state index contributed by atoms with van der Waals surface area (Å²) in [4.78, 5) is 13.4. The summed E-state index contributed by atoms with van der Waals surface area (Å²) in [6.45, 7) is 3.08. The highest BCUT2D eigenvalue weighted by atomic mass is 32.2. The first-order chi connectivity index (χ1) is 15.4.